The largest absolute Gasteiger partial charge is 0.389 e. The lowest BCUT2D eigenvalue weighted by atomic mass is 9.79. The molecule has 1 saturated heterocycles. The van der Waals surface area contributed by atoms with Gasteiger partial charge in [0.1, 0.15) is 11.3 Å². The topological polar surface area (TPSA) is 24.8 Å². The Morgan fingerprint density at radius 1 is 1.04 bits per heavy atom. The van der Waals surface area contributed by atoms with Crippen LogP contribution < -0.4 is 0 Å². The van der Waals surface area contributed by atoms with E-state index in [0.717, 1.165) is 18.8 Å². The van der Waals surface area contributed by atoms with Crippen molar-refractivity contribution in [3.8, 4) is 0 Å². The number of aryl methyl sites for hydroxylation is 1. The number of oxime groups is 1. The predicted octanol–water partition coefficient (Wildman–Crippen LogP) is 4.21. The molecule has 1 fully saturated rings. The lowest BCUT2D eigenvalue weighted by Gasteiger charge is -2.39. The second kappa shape index (κ2) is 5.43. The van der Waals surface area contributed by atoms with Crippen LogP contribution in [0.5, 0.6) is 0 Å². The van der Waals surface area contributed by atoms with Gasteiger partial charge >= 0.3 is 0 Å². The van der Waals surface area contributed by atoms with E-state index >= 15 is 0 Å². The summed E-state index contributed by atoms with van der Waals surface area (Å²) in [6.07, 6.45) is 2.58. The number of hydrogen-bond donors (Lipinski definition) is 0. The van der Waals surface area contributed by atoms with E-state index in [2.05, 4.69) is 72.4 Å². The normalized spacial score (nSPS) is 30.7. The maximum Gasteiger partial charge on any atom is 0.162 e. The molecule has 25 heavy (non-hydrogen) atoms. The summed E-state index contributed by atoms with van der Waals surface area (Å²) in [6.45, 7) is 6.65. The first-order valence-corrected chi connectivity index (χ1v) is 9.38. The van der Waals surface area contributed by atoms with Crippen LogP contribution in [0.25, 0.3) is 0 Å². The first kappa shape index (κ1) is 15.2. The highest BCUT2D eigenvalue weighted by atomic mass is 16.6. The van der Waals surface area contributed by atoms with Crippen LogP contribution in [0.3, 0.4) is 0 Å². The van der Waals surface area contributed by atoms with Gasteiger partial charge in [-0.15, -0.1) is 0 Å². The molecule has 3 nitrogen and oxygen atoms in total. The van der Waals surface area contributed by atoms with Gasteiger partial charge in [-0.2, -0.15) is 0 Å². The van der Waals surface area contributed by atoms with Crippen molar-refractivity contribution in [1.82, 2.24) is 4.90 Å². The van der Waals surface area contributed by atoms with Crippen LogP contribution in [0.4, 0.5) is 0 Å². The zero-order valence-electron chi connectivity index (χ0n) is 14.9. The smallest absolute Gasteiger partial charge is 0.162 e. The third-order valence-electron chi connectivity index (χ3n) is 6.28. The Labute approximate surface area is 149 Å². The van der Waals surface area contributed by atoms with Crippen LogP contribution in [0, 0.1) is 6.92 Å². The molecule has 2 aromatic carbocycles. The molecule has 0 N–H and O–H groups in total. The number of fused-ring (bicyclic) bond motifs is 3. The summed E-state index contributed by atoms with van der Waals surface area (Å²) in [7, 11) is 0. The van der Waals surface area contributed by atoms with E-state index in [1.54, 1.807) is 0 Å². The molecule has 1 aliphatic carbocycles. The summed E-state index contributed by atoms with van der Waals surface area (Å²) in [5.74, 6) is 0.350. The van der Waals surface area contributed by atoms with Gasteiger partial charge in [0.25, 0.3) is 0 Å². The third kappa shape index (κ3) is 1.93. The van der Waals surface area contributed by atoms with E-state index in [0.29, 0.717) is 5.92 Å². The van der Waals surface area contributed by atoms with Crippen LogP contribution in [0.2, 0.25) is 0 Å². The van der Waals surface area contributed by atoms with Crippen molar-refractivity contribution in [1.29, 1.82) is 0 Å². The summed E-state index contributed by atoms with van der Waals surface area (Å²) in [5.41, 5.74) is 6.13. The molecule has 0 aromatic heterocycles. The van der Waals surface area contributed by atoms with Crippen molar-refractivity contribution in [2.45, 2.75) is 44.2 Å². The number of nitrogens with zero attached hydrogens (tertiary/aromatic N) is 2. The van der Waals surface area contributed by atoms with Crippen molar-refractivity contribution in [3.05, 3.63) is 70.8 Å². The Kier molecular flexibility index (Phi) is 3.29. The molecule has 3 atom stereocenters. The van der Waals surface area contributed by atoms with Gasteiger partial charge < -0.3 is 4.84 Å². The van der Waals surface area contributed by atoms with Gasteiger partial charge in [-0.3, -0.25) is 4.90 Å². The molecular formula is C22H24N2O. The number of rotatable bonds is 2. The Bertz CT molecular complexity index is 835. The molecule has 5 rings (SSSR count). The van der Waals surface area contributed by atoms with Crippen LogP contribution in [0.1, 0.15) is 47.9 Å². The molecule has 2 aromatic rings. The van der Waals surface area contributed by atoms with Crippen LogP contribution in [-0.4, -0.2) is 29.8 Å². The number of hydrogen-bond acceptors (Lipinski definition) is 3. The molecule has 0 amide bonds. The summed E-state index contributed by atoms with van der Waals surface area (Å²) in [4.78, 5) is 8.76. The summed E-state index contributed by atoms with van der Waals surface area (Å²) < 4.78 is 0. The molecule has 0 spiro atoms. The van der Waals surface area contributed by atoms with Crippen LogP contribution in [0.15, 0.2) is 53.7 Å². The first-order chi connectivity index (χ1) is 12.2. The minimum absolute atomic E-state index is 0.0688. The monoisotopic (exact) mass is 332 g/mol. The lowest BCUT2D eigenvalue weighted by Crippen LogP contribution is -2.54. The molecule has 0 bridgehead atoms. The molecule has 128 valence electrons. The SMILES string of the molecule is Cc1ccc(C2=NO[C@@H]3[C@@H](C)c4ccccc4[C@]23N2CCCC2)cc1. The Morgan fingerprint density at radius 2 is 1.76 bits per heavy atom. The Hall–Kier alpha value is -2.13. The molecule has 0 radical (unpaired) electrons. The van der Waals surface area contributed by atoms with E-state index in [1.165, 1.54) is 35.1 Å². The molecule has 2 heterocycles. The molecule has 0 saturated carbocycles. The quantitative estimate of drug-likeness (QED) is 0.823. The highest BCUT2D eigenvalue weighted by Crippen LogP contribution is 2.55. The Morgan fingerprint density at radius 3 is 2.52 bits per heavy atom. The molecule has 2 aliphatic heterocycles. The van der Waals surface area contributed by atoms with Gasteiger partial charge in [0, 0.05) is 11.5 Å². The Balaban J connectivity index is 1.74. The van der Waals surface area contributed by atoms with Gasteiger partial charge in [-0.25, -0.2) is 0 Å². The highest BCUT2D eigenvalue weighted by Gasteiger charge is 2.62. The van der Waals surface area contributed by atoms with Gasteiger partial charge in [0.2, 0.25) is 0 Å². The van der Waals surface area contributed by atoms with E-state index in [4.69, 9.17) is 4.84 Å². The van der Waals surface area contributed by atoms with Gasteiger partial charge in [0.05, 0.1) is 0 Å². The van der Waals surface area contributed by atoms with E-state index in [9.17, 15) is 0 Å². The maximum atomic E-state index is 6.13. The lowest BCUT2D eigenvalue weighted by molar-refractivity contribution is -0.00616. The first-order valence-electron chi connectivity index (χ1n) is 9.38. The van der Waals surface area contributed by atoms with Crippen molar-refractivity contribution in [2.24, 2.45) is 5.16 Å². The minimum atomic E-state index is -0.234. The summed E-state index contributed by atoms with van der Waals surface area (Å²) in [5, 5.41) is 4.66. The maximum absolute atomic E-state index is 6.13. The summed E-state index contributed by atoms with van der Waals surface area (Å²) >= 11 is 0. The van der Waals surface area contributed by atoms with Gasteiger partial charge in [-0.1, -0.05) is 66.2 Å². The van der Waals surface area contributed by atoms with Crippen molar-refractivity contribution in [3.63, 3.8) is 0 Å². The van der Waals surface area contributed by atoms with Crippen LogP contribution >= 0.6 is 0 Å². The highest BCUT2D eigenvalue weighted by molar-refractivity contribution is 6.09. The fraction of sp³-hybridized carbons (Fsp3) is 0.409. The molecular weight excluding hydrogens is 308 g/mol. The van der Waals surface area contributed by atoms with Crippen molar-refractivity contribution in [2.75, 3.05) is 13.1 Å². The molecule has 0 unspecified atom stereocenters. The number of benzene rings is 2. The second-order valence-corrected chi connectivity index (χ2v) is 7.67. The van der Waals surface area contributed by atoms with Gasteiger partial charge in [-0.05, 0) is 44.0 Å². The van der Waals surface area contributed by atoms with Gasteiger partial charge in [0.15, 0.2) is 6.10 Å². The molecule has 3 aliphatic rings. The van der Waals surface area contributed by atoms with E-state index in [-0.39, 0.29) is 11.6 Å². The van der Waals surface area contributed by atoms with Crippen molar-refractivity contribution >= 4 is 5.71 Å². The molecule has 3 heteroatoms. The third-order valence-corrected chi connectivity index (χ3v) is 6.28. The second-order valence-electron chi connectivity index (χ2n) is 7.67. The predicted molar refractivity (Wildman–Crippen MR) is 99.9 cm³/mol. The fourth-order valence-corrected chi connectivity index (χ4v) is 5.08. The van der Waals surface area contributed by atoms with Crippen molar-refractivity contribution < 1.29 is 4.84 Å². The average molecular weight is 332 g/mol. The van der Waals surface area contributed by atoms with E-state index in [1.807, 2.05) is 0 Å². The standard InChI is InChI=1S/C22H24N2O/c1-15-9-11-17(12-10-15)20-22(24-13-5-6-14-24)19-8-4-3-7-18(19)16(2)21(22)25-23-20/h3-4,7-12,16,21H,5-6,13-14H2,1-2H3/t16-,21+,22-/m0/s1. The van der Waals surface area contributed by atoms with Crippen LogP contribution in [-0.2, 0) is 10.4 Å². The average Bonchev–Trinajstić information content (AvgIpc) is 3.33. The summed E-state index contributed by atoms with van der Waals surface area (Å²) in [6, 6.07) is 17.6. The fourth-order valence-electron chi connectivity index (χ4n) is 5.08. The zero-order valence-corrected chi connectivity index (χ0v) is 14.9. The number of likely N-dealkylation sites (tertiary alicyclic amines) is 1. The zero-order chi connectivity index (χ0) is 17.0. The minimum Gasteiger partial charge on any atom is -0.389 e. The van der Waals surface area contributed by atoms with E-state index < -0.39 is 0 Å².